The maximum atomic E-state index is 14.5. The Labute approximate surface area is 262 Å². The first-order chi connectivity index (χ1) is 20.7. The number of amides is 3. The highest BCUT2D eigenvalue weighted by molar-refractivity contribution is 6.42. The Morgan fingerprint density at radius 3 is 2.47 bits per heavy atom. The summed E-state index contributed by atoms with van der Waals surface area (Å²) in [5.41, 5.74) is 1.01. The number of likely N-dealkylation sites (N-methyl/N-ethyl adjacent to an activating group) is 1. The summed E-state index contributed by atoms with van der Waals surface area (Å²) in [6, 6.07) is 1.22. The first-order valence-corrected chi connectivity index (χ1v) is 15.4. The molecular formula is C30H39Cl2N7O4. The Morgan fingerprint density at radius 1 is 1.12 bits per heavy atom. The van der Waals surface area contributed by atoms with Gasteiger partial charge in [0.1, 0.15) is 27.4 Å². The second kappa shape index (κ2) is 13.6. The number of rotatable bonds is 9. The number of hydrogen-bond donors (Lipinski definition) is 1. The van der Waals surface area contributed by atoms with Crippen LogP contribution < -0.4 is 24.6 Å². The van der Waals surface area contributed by atoms with Crippen LogP contribution in [-0.4, -0.2) is 91.7 Å². The van der Waals surface area contributed by atoms with Crippen LogP contribution in [0.1, 0.15) is 44.1 Å². The monoisotopic (exact) mass is 631 g/mol. The van der Waals surface area contributed by atoms with Crippen molar-refractivity contribution in [3.8, 4) is 11.5 Å². The highest BCUT2D eigenvalue weighted by atomic mass is 35.5. The van der Waals surface area contributed by atoms with Crippen LogP contribution in [0.15, 0.2) is 24.4 Å². The Morgan fingerprint density at radius 2 is 1.81 bits per heavy atom. The highest BCUT2D eigenvalue weighted by Crippen LogP contribution is 2.48. The molecule has 1 unspecified atom stereocenters. The smallest absolute Gasteiger partial charge is 0.330 e. The third-order valence-corrected chi connectivity index (χ3v) is 8.90. The molecule has 0 spiro atoms. The van der Waals surface area contributed by atoms with E-state index < -0.39 is 0 Å². The van der Waals surface area contributed by atoms with Crippen molar-refractivity contribution in [2.24, 2.45) is 0 Å². The first kappa shape index (κ1) is 31.2. The molecule has 2 aromatic rings. The third kappa shape index (κ3) is 6.63. The lowest BCUT2D eigenvalue weighted by Crippen LogP contribution is -2.53. The van der Waals surface area contributed by atoms with Gasteiger partial charge in [0.2, 0.25) is 11.9 Å². The summed E-state index contributed by atoms with van der Waals surface area (Å²) in [7, 11) is 6.87. The molecule has 1 aromatic carbocycles. The number of carbonyl (C=O) groups is 2. The molecule has 43 heavy (non-hydrogen) atoms. The van der Waals surface area contributed by atoms with Gasteiger partial charge in [0.15, 0.2) is 0 Å². The second-order valence-corrected chi connectivity index (χ2v) is 12.2. The van der Waals surface area contributed by atoms with Gasteiger partial charge in [0, 0.05) is 49.6 Å². The fourth-order valence-electron chi connectivity index (χ4n) is 5.91. The van der Waals surface area contributed by atoms with Gasteiger partial charge in [-0.15, -0.1) is 0 Å². The van der Waals surface area contributed by atoms with E-state index in [0.29, 0.717) is 55.4 Å². The molecule has 2 fully saturated rings. The molecule has 3 amide bonds. The number of carbonyl (C=O) groups excluding carboxylic acids is 2. The van der Waals surface area contributed by atoms with Crippen molar-refractivity contribution in [2.75, 3.05) is 63.1 Å². The fraction of sp³-hybridized carbons (Fsp3) is 0.533. The molecule has 2 aliphatic heterocycles. The molecule has 11 nitrogen and oxygen atoms in total. The topological polar surface area (TPSA) is 103 Å². The minimum Gasteiger partial charge on any atom is -0.495 e. The van der Waals surface area contributed by atoms with Crippen LogP contribution in [0.25, 0.3) is 0 Å². The van der Waals surface area contributed by atoms with E-state index in [4.69, 9.17) is 37.7 Å². The van der Waals surface area contributed by atoms with E-state index in [1.54, 1.807) is 28.1 Å². The minimum atomic E-state index is -0.351. The standard InChI is InChI=1S/C30H39Cl2N7O4/c1-36(2)13-8-11-24(40)37-14-12-21(18-37)39-28-19(16-33-29(35-28)34-20-9-6-5-7-10-20)17-38(30(39)41)27-25(31)22(42-3)15-23(43-4)26(27)32/h8,11,15-16,20-21H,5-7,9-10,12-14,17-18H2,1-4H3,(H,33,34,35)/b11-8+. The summed E-state index contributed by atoms with van der Waals surface area (Å²) in [6.45, 7) is 1.69. The van der Waals surface area contributed by atoms with E-state index in [1.165, 1.54) is 38.4 Å². The molecule has 1 saturated heterocycles. The summed E-state index contributed by atoms with van der Waals surface area (Å²) in [6.07, 6.45) is 11.5. The number of nitrogens with zero attached hydrogens (tertiary/aromatic N) is 6. The molecule has 5 rings (SSSR count). The van der Waals surface area contributed by atoms with Crippen molar-refractivity contribution >= 4 is 52.6 Å². The number of urea groups is 1. The number of fused-ring (bicyclic) bond motifs is 1. The van der Waals surface area contributed by atoms with Crippen LogP contribution in [0, 0.1) is 0 Å². The Kier molecular flexibility index (Phi) is 9.83. The summed E-state index contributed by atoms with van der Waals surface area (Å²) in [4.78, 5) is 43.9. The van der Waals surface area contributed by atoms with Crippen LogP contribution in [0.2, 0.25) is 10.0 Å². The molecule has 1 aliphatic carbocycles. The predicted molar refractivity (Wildman–Crippen MR) is 169 cm³/mol. The van der Waals surface area contributed by atoms with Gasteiger partial charge in [-0.25, -0.2) is 9.78 Å². The largest absolute Gasteiger partial charge is 0.495 e. The number of anilines is 3. The lowest BCUT2D eigenvalue weighted by molar-refractivity contribution is -0.125. The molecule has 13 heteroatoms. The van der Waals surface area contributed by atoms with E-state index in [2.05, 4.69) is 10.3 Å². The minimum absolute atomic E-state index is 0.0862. The maximum Gasteiger partial charge on any atom is 0.330 e. The SMILES string of the molecule is COc1cc(OC)c(Cl)c(N2Cc3cnc(NC4CCCCC4)nc3N(C3CCN(C(=O)/C=C/CN(C)C)C3)C2=O)c1Cl. The van der Waals surface area contributed by atoms with E-state index >= 15 is 0 Å². The van der Waals surface area contributed by atoms with Gasteiger partial charge < -0.3 is 24.6 Å². The van der Waals surface area contributed by atoms with Crippen LogP contribution in [0.3, 0.4) is 0 Å². The van der Waals surface area contributed by atoms with Crippen LogP contribution in [0.5, 0.6) is 11.5 Å². The van der Waals surface area contributed by atoms with E-state index in [0.717, 1.165) is 18.4 Å². The number of ether oxygens (including phenoxy) is 2. The van der Waals surface area contributed by atoms with Gasteiger partial charge in [-0.2, -0.15) is 4.98 Å². The van der Waals surface area contributed by atoms with Gasteiger partial charge in [0.05, 0.1) is 32.5 Å². The lowest BCUT2D eigenvalue weighted by atomic mass is 9.96. The maximum absolute atomic E-state index is 14.5. The molecule has 1 saturated carbocycles. The summed E-state index contributed by atoms with van der Waals surface area (Å²) in [5, 5.41) is 3.86. The van der Waals surface area contributed by atoms with Crippen LogP contribution in [-0.2, 0) is 11.3 Å². The number of methoxy groups -OCH3 is 2. The lowest BCUT2D eigenvalue weighted by Gasteiger charge is -2.40. The van der Waals surface area contributed by atoms with Gasteiger partial charge >= 0.3 is 6.03 Å². The fourth-order valence-corrected chi connectivity index (χ4v) is 6.62. The molecule has 1 atom stereocenters. The second-order valence-electron chi connectivity index (χ2n) is 11.4. The molecule has 232 valence electrons. The molecule has 1 N–H and O–H groups in total. The van der Waals surface area contributed by atoms with E-state index in [1.807, 2.05) is 25.1 Å². The quantitative estimate of drug-likeness (QED) is 0.376. The van der Waals surface area contributed by atoms with Gasteiger partial charge in [-0.05, 0) is 33.4 Å². The summed E-state index contributed by atoms with van der Waals surface area (Å²) < 4.78 is 10.9. The zero-order valence-electron chi connectivity index (χ0n) is 25.1. The van der Waals surface area contributed by atoms with Crippen LogP contribution in [0.4, 0.5) is 22.2 Å². The Bertz CT molecular complexity index is 1350. The molecule has 0 radical (unpaired) electrons. The van der Waals surface area contributed by atoms with Crippen molar-refractivity contribution in [2.45, 2.75) is 57.2 Å². The first-order valence-electron chi connectivity index (χ1n) is 14.6. The summed E-state index contributed by atoms with van der Waals surface area (Å²) >= 11 is 13.5. The molecule has 1 aromatic heterocycles. The number of aromatic nitrogens is 2. The number of benzene rings is 1. The average Bonchev–Trinajstić information content (AvgIpc) is 3.48. The van der Waals surface area contributed by atoms with Gasteiger partial charge in [0.25, 0.3) is 0 Å². The van der Waals surface area contributed by atoms with Crippen molar-refractivity contribution in [1.29, 1.82) is 0 Å². The highest BCUT2D eigenvalue weighted by Gasteiger charge is 2.42. The third-order valence-electron chi connectivity index (χ3n) is 8.17. The number of nitrogens with one attached hydrogen (secondary N) is 1. The van der Waals surface area contributed by atoms with Crippen molar-refractivity contribution in [3.63, 3.8) is 0 Å². The van der Waals surface area contributed by atoms with Gasteiger partial charge in [-0.1, -0.05) is 48.5 Å². The van der Waals surface area contributed by atoms with E-state index in [9.17, 15) is 9.59 Å². The molecule has 0 bridgehead atoms. The van der Waals surface area contributed by atoms with Crippen molar-refractivity contribution in [3.05, 3.63) is 40.0 Å². The number of hydrogen-bond acceptors (Lipinski definition) is 8. The molecule has 3 aliphatic rings. The zero-order chi connectivity index (χ0) is 30.7. The van der Waals surface area contributed by atoms with Crippen molar-refractivity contribution < 1.29 is 19.1 Å². The summed E-state index contributed by atoms with van der Waals surface area (Å²) in [5.74, 6) is 1.59. The predicted octanol–water partition coefficient (Wildman–Crippen LogP) is 5.21. The Hall–Kier alpha value is -3.28. The molecular weight excluding hydrogens is 593 g/mol. The number of likely N-dealkylation sites (tertiary alicyclic amines) is 1. The van der Waals surface area contributed by atoms with Crippen molar-refractivity contribution in [1.82, 2.24) is 19.8 Å². The molecule has 3 heterocycles. The number of halogens is 2. The Balaban J connectivity index is 1.51. The normalized spacial score (nSPS) is 19.4. The average molecular weight is 633 g/mol. The van der Waals surface area contributed by atoms with Crippen LogP contribution >= 0.6 is 23.2 Å². The van der Waals surface area contributed by atoms with E-state index in [-0.39, 0.29) is 40.3 Å². The zero-order valence-corrected chi connectivity index (χ0v) is 26.6. The van der Waals surface area contributed by atoms with Gasteiger partial charge in [-0.3, -0.25) is 14.6 Å².